The minimum absolute atomic E-state index is 0.00194. The Balaban J connectivity index is 1.79. The van der Waals surface area contributed by atoms with Gasteiger partial charge in [-0.3, -0.25) is 4.79 Å². The van der Waals surface area contributed by atoms with Crippen LogP contribution in [-0.4, -0.2) is 47.6 Å². The highest BCUT2D eigenvalue weighted by molar-refractivity contribution is 9.10. The summed E-state index contributed by atoms with van der Waals surface area (Å²) in [4.78, 5) is 14.4. The number of nitrogens with zero attached hydrogens (tertiary/aromatic N) is 1. The second-order valence-corrected chi connectivity index (χ2v) is 6.57. The molecule has 0 aliphatic carbocycles. The predicted molar refractivity (Wildman–Crippen MR) is 72.9 cm³/mol. The third-order valence-corrected chi connectivity index (χ3v) is 5.10. The molecule has 2 aliphatic heterocycles. The smallest absolute Gasteiger partial charge is 0.289 e. The van der Waals surface area contributed by atoms with Gasteiger partial charge in [-0.05, 0) is 34.5 Å². The number of carbonyl (C=O) groups excluding carboxylic acids is 1. The van der Waals surface area contributed by atoms with Gasteiger partial charge in [0.05, 0.1) is 6.61 Å². The van der Waals surface area contributed by atoms with Gasteiger partial charge >= 0.3 is 0 Å². The van der Waals surface area contributed by atoms with Crippen molar-refractivity contribution in [3.63, 3.8) is 0 Å². The Morgan fingerprint density at radius 1 is 1.50 bits per heavy atom. The number of hydrogen-bond acceptors (Lipinski definition) is 4. The van der Waals surface area contributed by atoms with Gasteiger partial charge < -0.3 is 14.1 Å². The Labute approximate surface area is 118 Å². The fraction of sp³-hybridized carbons (Fsp3) is 0.583. The molecule has 0 saturated carbocycles. The molecule has 0 bridgehead atoms. The number of thioether (sulfide) groups is 1. The lowest BCUT2D eigenvalue weighted by Crippen LogP contribution is -2.54. The van der Waals surface area contributed by atoms with E-state index >= 15 is 0 Å². The number of ether oxygens (including phenoxy) is 1. The van der Waals surface area contributed by atoms with Crippen LogP contribution in [0.3, 0.4) is 0 Å². The van der Waals surface area contributed by atoms with Gasteiger partial charge in [-0.1, -0.05) is 0 Å². The van der Waals surface area contributed by atoms with Gasteiger partial charge in [0.1, 0.15) is 0 Å². The number of hydrogen-bond donors (Lipinski definition) is 0. The van der Waals surface area contributed by atoms with Crippen molar-refractivity contribution in [1.82, 2.24) is 4.90 Å². The molecule has 1 aromatic rings. The highest BCUT2D eigenvalue weighted by Crippen LogP contribution is 2.31. The van der Waals surface area contributed by atoms with Crippen LogP contribution in [-0.2, 0) is 4.74 Å². The number of halogens is 1. The zero-order valence-corrected chi connectivity index (χ0v) is 12.2. The van der Waals surface area contributed by atoms with Crippen LogP contribution < -0.4 is 0 Å². The zero-order valence-electron chi connectivity index (χ0n) is 9.80. The maximum atomic E-state index is 12.4. The molecule has 2 saturated heterocycles. The Hall–Kier alpha value is -0.460. The molecule has 6 heteroatoms. The minimum Gasteiger partial charge on any atom is -0.444 e. The van der Waals surface area contributed by atoms with Crippen LogP contribution in [0.4, 0.5) is 0 Å². The monoisotopic (exact) mass is 331 g/mol. The van der Waals surface area contributed by atoms with Crippen LogP contribution in [0.5, 0.6) is 0 Å². The molecule has 0 radical (unpaired) electrons. The SMILES string of the molecule is O=C(c1ccc(Br)o1)N1CCS[C@@H]2COCC[C@H]21. The second-order valence-electron chi connectivity index (χ2n) is 4.44. The third-order valence-electron chi connectivity index (χ3n) is 3.38. The number of amides is 1. The quantitative estimate of drug-likeness (QED) is 0.792. The Morgan fingerprint density at radius 2 is 2.39 bits per heavy atom. The first-order valence-corrected chi connectivity index (χ1v) is 7.85. The van der Waals surface area contributed by atoms with E-state index in [1.54, 1.807) is 12.1 Å². The van der Waals surface area contributed by atoms with Crippen molar-refractivity contribution in [3.05, 3.63) is 22.6 Å². The van der Waals surface area contributed by atoms with Crippen LogP contribution in [0.15, 0.2) is 21.2 Å². The van der Waals surface area contributed by atoms with Crippen LogP contribution in [0, 0.1) is 0 Å². The molecule has 2 aliphatic rings. The van der Waals surface area contributed by atoms with E-state index in [1.165, 1.54) is 0 Å². The molecule has 18 heavy (non-hydrogen) atoms. The molecule has 0 aromatic carbocycles. The van der Waals surface area contributed by atoms with Gasteiger partial charge in [0.2, 0.25) is 0 Å². The summed E-state index contributed by atoms with van der Waals surface area (Å²) in [6.07, 6.45) is 0.922. The Morgan fingerprint density at radius 3 is 3.17 bits per heavy atom. The lowest BCUT2D eigenvalue weighted by molar-refractivity contribution is 0.0300. The summed E-state index contributed by atoms with van der Waals surface area (Å²) in [6, 6.07) is 3.77. The van der Waals surface area contributed by atoms with Crippen molar-refractivity contribution in [2.75, 3.05) is 25.5 Å². The molecular weight excluding hydrogens is 318 g/mol. The number of carbonyl (C=O) groups is 1. The fourth-order valence-corrected chi connectivity index (χ4v) is 4.12. The normalized spacial score (nSPS) is 27.9. The highest BCUT2D eigenvalue weighted by atomic mass is 79.9. The van der Waals surface area contributed by atoms with Crippen molar-refractivity contribution in [3.8, 4) is 0 Å². The van der Waals surface area contributed by atoms with E-state index in [-0.39, 0.29) is 11.9 Å². The van der Waals surface area contributed by atoms with Gasteiger partial charge in [0, 0.05) is 30.2 Å². The van der Waals surface area contributed by atoms with E-state index in [2.05, 4.69) is 15.9 Å². The first-order valence-electron chi connectivity index (χ1n) is 6.01. The van der Waals surface area contributed by atoms with E-state index in [0.29, 0.717) is 15.7 Å². The van der Waals surface area contributed by atoms with E-state index in [9.17, 15) is 4.79 Å². The fourth-order valence-electron chi connectivity index (χ4n) is 2.51. The van der Waals surface area contributed by atoms with Gasteiger partial charge in [-0.25, -0.2) is 0 Å². The summed E-state index contributed by atoms with van der Waals surface area (Å²) in [5.41, 5.74) is 0. The van der Waals surface area contributed by atoms with Crippen molar-refractivity contribution in [2.45, 2.75) is 17.7 Å². The molecule has 0 spiro atoms. The molecular formula is C12H14BrNO3S. The summed E-state index contributed by atoms with van der Waals surface area (Å²) in [5.74, 6) is 1.38. The number of rotatable bonds is 1. The largest absolute Gasteiger partial charge is 0.444 e. The lowest BCUT2D eigenvalue weighted by atomic mass is 10.1. The van der Waals surface area contributed by atoms with Gasteiger partial charge in [-0.2, -0.15) is 11.8 Å². The van der Waals surface area contributed by atoms with Crippen LogP contribution in [0.1, 0.15) is 17.0 Å². The number of fused-ring (bicyclic) bond motifs is 1. The van der Waals surface area contributed by atoms with Crippen molar-refractivity contribution in [2.24, 2.45) is 0 Å². The summed E-state index contributed by atoms with van der Waals surface area (Å²) >= 11 is 5.14. The minimum atomic E-state index is -0.00194. The first-order chi connectivity index (χ1) is 8.75. The van der Waals surface area contributed by atoms with Crippen molar-refractivity contribution >= 4 is 33.6 Å². The summed E-state index contributed by atoms with van der Waals surface area (Å²) in [7, 11) is 0. The molecule has 0 unspecified atom stereocenters. The van der Waals surface area contributed by atoms with Gasteiger partial charge in [-0.15, -0.1) is 0 Å². The highest BCUT2D eigenvalue weighted by Gasteiger charge is 2.37. The molecule has 3 heterocycles. The summed E-state index contributed by atoms with van der Waals surface area (Å²) < 4.78 is 11.5. The molecule has 0 N–H and O–H groups in total. The third kappa shape index (κ3) is 2.33. The average Bonchev–Trinajstić information content (AvgIpc) is 2.84. The van der Waals surface area contributed by atoms with Crippen LogP contribution >= 0.6 is 27.7 Å². The van der Waals surface area contributed by atoms with Crippen molar-refractivity contribution < 1.29 is 13.9 Å². The molecule has 2 atom stereocenters. The maximum absolute atomic E-state index is 12.4. The lowest BCUT2D eigenvalue weighted by Gasteiger charge is -2.42. The summed E-state index contributed by atoms with van der Waals surface area (Å²) in [6.45, 7) is 2.29. The maximum Gasteiger partial charge on any atom is 0.289 e. The second kappa shape index (κ2) is 5.27. The molecule has 3 rings (SSSR count). The molecule has 4 nitrogen and oxygen atoms in total. The Bertz CT molecular complexity index is 448. The standard InChI is InChI=1S/C12H14BrNO3S/c13-11-2-1-9(17-11)12(15)14-4-6-18-10-7-16-5-3-8(10)14/h1-2,8,10H,3-7H2/t8-,10-/m1/s1. The summed E-state index contributed by atoms with van der Waals surface area (Å²) in [5, 5.41) is 0.412. The first kappa shape index (κ1) is 12.6. The van der Waals surface area contributed by atoms with Crippen LogP contribution in [0.25, 0.3) is 0 Å². The molecule has 1 amide bonds. The topological polar surface area (TPSA) is 42.7 Å². The van der Waals surface area contributed by atoms with Crippen LogP contribution in [0.2, 0.25) is 0 Å². The van der Waals surface area contributed by atoms with Crippen molar-refractivity contribution in [1.29, 1.82) is 0 Å². The van der Waals surface area contributed by atoms with E-state index in [4.69, 9.17) is 9.15 Å². The van der Waals surface area contributed by atoms with E-state index < -0.39 is 0 Å². The van der Waals surface area contributed by atoms with E-state index in [1.807, 2.05) is 16.7 Å². The average molecular weight is 332 g/mol. The number of furan rings is 1. The molecule has 2 fully saturated rings. The van der Waals surface area contributed by atoms with E-state index in [0.717, 1.165) is 31.9 Å². The predicted octanol–water partition coefficient (Wildman–Crippen LogP) is 2.39. The van der Waals surface area contributed by atoms with Gasteiger partial charge in [0.25, 0.3) is 5.91 Å². The van der Waals surface area contributed by atoms with Gasteiger partial charge in [0.15, 0.2) is 10.4 Å². The Kier molecular flexibility index (Phi) is 3.68. The zero-order chi connectivity index (χ0) is 12.5. The molecule has 1 aromatic heterocycles. The molecule has 98 valence electrons.